The summed E-state index contributed by atoms with van der Waals surface area (Å²) >= 11 is 0. The van der Waals surface area contributed by atoms with Crippen LogP contribution >= 0.6 is 0 Å². The SMILES string of the molecule is O=C(O)CCCN1Cc2ccc(NC(=O)c3ccc4c(c3)CNCC4)cc2C1=O. The molecule has 7 nitrogen and oxygen atoms in total. The van der Waals surface area contributed by atoms with E-state index in [2.05, 4.69) is 10.6 Å². The van der Waals surface area contributed by atoms with Gasteiger partial charge in [-0.2, -0.15) is 0 Å². The van der Waals surface area contributed by atoms with E-state index in [1.165, 1.54) is 5.56 Å². The van der Waals surface area contributed by atoms with Gasteiger partial charge in [0.2, 0.25) is 0 Å². The van der Waals surface area contributed by atoms with Crippen molar-refractivity contribution in [1.82, 2.24) is 10.2 Å². The van der Waals surface area contributed by atoms with E-state index >= 15 is 0 Å². The first-order valence-corrected chi connectivity index (χ1v) is 9.79. The van der Waals surface area contributed by atoms with Crippen LogP contribution in [0.5, 0.6) is 0 Å². The predicted octanol–water partition coefficient (Wildman–Crippen LogP) is 2.41. The molecule has 2 amide bonds. The summed E-state index contributed by atoms with van der Waals surface area (Å²) in [5.41, 5.74) is 5.03. The second-order valence-electron chi connectivity index (χ2n) is 7.46. The molecule has 0 spiro atoms. The minimum absolute atomic E-state index is 0.0394. The molecule has 4 rings (SSSR count). The summed E-state index contributed by atoms with van der Waals surface area (Å²) in [4.78, 5) is 37.6. The maximum atomic E-state index is 12.7. The fourth-order valence-electron chi connectivity index (χ4n) is 3.87. The normalized spacial score (nSPS) is 15.0. The molecule has 0 radical (unpaired) electrons. The molecule has 0 bridgehead atoms. The Bertz CT molecular complexity index is 986. The Kier molecular flexibility index (Phi) is 5.31. The molecule has 2 heterocycles. The standard InChI is InChI=1S/C22H23N3O4/c26-20(27)2-1-9-25-13-16-5-6-18(11-19(16)22(25)29)24-21(28)15-4-3-14-7-8-23-12-17(14)10-15/h3-6,10-11,23H,1-2,7-9,12-13H2,(H,24,28)(H,26,27). The van der Waals surface area contributed by atoms with E-state index in [9.17, 15) is 14.4 Å². The number of carboxylic acid groups (broad SMARTS) is 1. The molecule has 2 aromatic carbocycles. The first-order valence-electron chi connectivity index (χ1n) is 9.79. The lowest BCUT2D eigenvalue weighted by molar-refractivity contribution is -0.137. The molecule has 2 aliphatic heterocycles. The number of aliphatic carboxylic acids is 1. The molecule has 2 aliphatic rings. The average molecular weight is 393 g/mol. The maximum absolute atomic E-state index is 12.7. The largest absolute Gasteiger partial charge is 0.481 e. The van der Waals surface area contributed by atoms with Crippen LogP contribution < -0.4 is 10.6 Å². The molecular weight excluding hydrogens is 370 g/mol. The van der Waals surface area contributed by atoms with Crippen molar-refractivity contribution >= 4 is 23.5 Å². The third-order valence-electron chi connectivity index (χ3n) is 5.42. The van der Waals surface area contributed by atoms with Gasteiger partial charge in [0.05, 0.1) is 0 Å². The number of carbonyl (C=O) groups is 3. The molecule has 0 aliphatic carbocycles. The van der Waals surface area contributed by atoms with Crippen LogP contribution in [0, 0.1) is 0 Å². The van der Waals surface area contributed by atoms with E-state index < -0.39 is 5.97 Å². The molecule has 0 aromatic heterocycles. The van der Waals surface area contributed by atoms with Crippen molar-refractivity contribution in [3.63, 3.8) is 0 Å². The summed E-state index contributed by atoms with van der Waals surface area (Å²) < 4.78 is 0. The average Bonchev–Trinajstić information content (AvgIpc) is 3.03. The van der Waals surface area contributed by atoms with E-state index in [4.69, 9.17) is 5.11 Å². The summed E-state index contributed by atoms with van der Waals surface area (Å²) in [5.74, 6) is -1.19. The van der Waals surface area contributed by atoms with Gasteiger partial charge in [0.15, 0.2) is 0 Å². The lowest BCUT2D eigenvalue weighted by Crippen LogP contribution is -2.25. The van der Waals surface area contributed by atoms with Crippen molar-refractivity contribution in [1.29, 1.82) is 0 Å². The van der Waals surface area contributed by atoms with Crippen molar-refractivity contribution in [2.45, 2.75) is 32.4 Å². The molecule has 0 saturated heterocycles. The molecule has 29 heavy (non-hydrogen) atoms. The highest BCUT2D eigenvalue weighted by atomic mass is 16.4. The quantitative estimate of drug-likeness (QED) is 0.700. The molecule has 150 valence electrons. The monoisotopic (exact) mass is 393 g/mol. The molecule has 0 unspecified atom stereocenters. The zero-order chi connectivity index (χ0) is 20.4. The van der Waals surface area contributed by atoms with Crippen molar-refractivity contribution in [3.05, 3.63) is 64.2 Å². The highest BCUT2D eigenvalue weighted by molar-refractivity contribution is 6.06. The molecule has 0 fully saturated rings. The summed E-state index contributed by atoms with van der Waals surface area (Å²) in [6, 6.07) is 11.1. The fourth-order valence-corrected chi connectivity index (χ4v) is 3.87. The highest BCUT2D eigenvalue weighted by Crippen LogP contribution is 2.26. The number of hydrogen-bond acceptors (Lipinski definition) is 4. The minimum atomic E-state index is -0.864. The van der Waals surface area contributed by atoms with Gasteiger partial charge < -0.3 is 20.6 Å². The Balaban J connectivity index is 1.44. The number of nitrogens with zero attached hydrogens (tertiary/aromatic N) is 1. The molecule has 0 atom stereocenters. The number of amides is 2. The molecule has 2 aromatic rings. The number of hydrogen-bond donors (Lipinski definition) is 3. The smallest absolute Gasteiger partial charge is 0.303 e. The van der Waals surface area contributed by atoms with Crippen molar-refractivity contribution in [3.8, 4) is 0 Å². The van der Waals surface area contributed by atoms with Crippen LogP contribution in [-0.4, -0.2) is 40.9 Å². The Hall–Kier alpha value is -3.19. The van der Waals surface area contributed by atoms with Crippen LogP contribution in [0.25, 0.3) is 0 Å². The van der Waals surface area contributed by atoms with E-state index in [1.54, 1.807) is 17.0 Å². The van der Waals surface area contributed by atoms with Crippen LogP contribution in [0.3, 0.4) is 0 Å². The first kappa shape index (κ1) is 19.1. The van der Waals surface area contributed by atoms with Crippen LogP contribution in [0.15, 0.2) is 36.4 Å². The number of nitrogens with one attached hydrogen (secondary N) is 2. The van der Waals surface area contributed by atoms with Crippen LogP contribution in [0.1, 0.15) is 50.2 Å². The Morgan fingerprint density at radius 3 is 2.76 bits per heavy atom. The zero-order valence-corrected chi connectivity index (χ0v) is 16.0. The summed E-state index contributed by atoms with van der Waals surface area (Å²) in [6.45, 7) is 2.60. The molecule has 0 saturated carbocycles. The lowest BCUT2D eigenvalue weighted by Gasteiger charge is -2.17. The van der Waals surface area contributed by atoms with Gasteiger partial charge in [-0.3, -0.25) is 14.4 Å². The van der Waals surface area contributed by atoms with E-state index in [-0.39, 0.29) is 18.2 Å². The highest BCUT2D eigenvalue weighted by Gasteiger charge is 2.27. The van der Waals surface area contributed by atoms with Crippen LogP contribution in [0.4, 0.5) is 5.69 Å². The van der Waals surface area contributed by atoms with Crippen LogP contribution in [-0.2, 0) is 24.3 Å². The van der Waals surface area contributed by atoms with Gasteiger partial charge in [-0.15, -0.1) is 0 Å². The Labute approximate surface area is 168 Å². The second kappa shape index (κ2) is 8.05. The van der Waals surface area contributed by atoms with Gasteiger partial charge in [0, 0.05) is 42.9 Å². The Morgan fingerprint density at radius 1 is 1.10 bits per heavy atom. The number of carbonyl (C=O) groups excluding carboxylic acids is 2. The third kappa shape index (κ3) is 4.14. The minimum Gasteiger partial charge on any atom is -0.481 e. The van der Waals surface area contributed by atoms with Gasteiger partial charge in [0.1, 0.15) is 0 Å². The van der Waals surface area contributed by atoms with Crippen molar-refractivity contribution in [2.24, 2.45) is 0 Å². The number of benzene rings is 2. The van der Waals surface area contributed by atoms with Crippen molar-refractivity contribution in [2.75, 3.05) is 18.4 Å². The van der Waals surface area contributed by atoms with Gasteiger partial charge >= 0.3 is 5.97 Å². The van der Waals surface area contributed by atoms with Gasteiger partial charge in [-0.25, -0.2) is 0 Å². The molecule has 7 heteroatoms. The fraction of sp³-hybridized carbons (Fsp3) is 0.318. The number of anilines is 1. The second-order valence-corrected chi connectivity index (χ2v) is 7.46. The molecular formula is C22H23N3O4. The number of rotatable bonds is 6. The topological polar surface area (TPSA) is 98.7 Å². The zero-order valence-electron chi connectivity index (χ0n) is 16.0. The molecule has 3 N–H and O–H groups in total. The predicted molar refractivity (Wildman–Crippen MR) is 108 cm³/mol. The number of fused-ring (bicyclic) bond motifs is 2. The number of carboxylic acids is 1. The lowest BCUT2D eigenvalue weighted by atomic mass is 9.98. The third-order valence-corrected chi connectivity index (χ3v) is 5.42. The summed E-state index contributed by atoms with van der Waals surface area (Å²) in [7, 11) is 0. The van der Waals surface area contributed by atoms with Crippen LogP contribution in [0.2, 0.25) is 0 Å². The van der Waals surface area contributed by atoms with E-state index in [1.807, 2.05) is 24.3 Å². The van der Waals surface area contributed by atoms with E-state index in [0.717, 1.165) is 30.6 Å². The van der Waals surface area contributed by atoms with E-state index in [0.29, 0.717) is 36.3 Å². The summed E-state index contributed by atoms with van der Waals surface area (Å²) in [6.07, 6.45) is 1.43. The Morgan fingerprint density at radius 2 is 1.93 bits per heavy atom. The van der Waals surface area contributed by atoms with Gasteiger partial charge in [-0.1, -0.05) is 12.1 Å². The maximum Gasteiger partial charge on any atom is 0.303 e. The van der Waals surface area contributed by atoms with Crippen molar-refractivity contribution < 1.29 is 19.5 Å². The van der Waals surface area contributed by atoms with Gasteiger partial charge in [0.25, 0.3) is 11.8 Å². The van der Waals surface area contributed by atoms with Gasteiger partial charge in [-0.05, 0) is 60.3 Å². The first-order chi connectivity index (χ1) is 14.0. The summed E-state index contributed by atoms with van der Waals surface area (Å²) in [5, 5.41) is 14.9.